The molecule has 1 aromatic carbocycles. The normalized spacial score (nSPS) is 16.4. The van der Waals surface area contributed by atoms with E-state index in [0.29, 0.717) is 53.1 Å². The highest BCUT2D eigenvalue weighted by molar-refractivity contribution is 6.61. The minimum absolute atomic E-state index is 0.571. The van der Waals surface area contributed by atoms with Crippen molar-refractivity contribution in [2.75, 3.05) is 66.2 Å². The SMILES string of the molecule is CCO[Si](CCCN1COc2ccc3c(c2C1)CN(CCC[Si](OCC)(OCC)OCC)CO3)(OCC)OCC. The summed E-state index contributed by atoms with van der Waals surface area (Å²) in [7, 11) is -5.29. The number of hydrogen-bond donors (Lipinski definition) is 0. The fourth-order valence-corrected chi connectivity index (χ4v) is 10.6. The lowest BCUT2D eigenvalue weighted by atomic mass is 10.0. The van der Waals surface area contributed by atoms with E-state index in [1.165, 1.54) is 11.1 Å². The van der Waals surface area contributed by atoms with Crippen molar-refractivity contribution in [1.29, 1.82) is 0 Å². The van der Waals surface area contributed by atoms with Gasteiger partial charge in [0, 0.05) is 89.0 Å². The van der Waals surface area contributed by atoms with E-state index >= 15 is 0 Å². The fraction of sp³-hybridized carbons (Fsp3) is 0.786. The Labute approximate surface area is 243 Å². The van der Waals surface area contributed by atoms with Gasteiger partial charge < -0.3 is 36.0 Å². The highest BCUT2D eigenvalue weighted by Gasteiger charge is 2.41. The summed E-state index contributed by atoms with van der Waals surface area (Å²) in [5, 5.41) is 0. The summed E-state index contributed by atoms with van der Waals surface area (Å²) in [6.45, 7) is 20.2. The molecule has 40 heavy (non-hydrogen) atoms. The molecule has 0 N–H and O–H groups in total. The zero-order valence-corrected chi connectivity index (χ0v) is 27.6. The van der Waals surface area contributed by atoms with Gasteiger partial charge in [0.25, 0.3) is 0 Å². The monoisotopic (exact) mass is 600 g/mol. The second-order valence-corrected chi connectivity index (χ2v) is 15.3. The summed E-state index contributed by atoms with van der Waals surface area (Å²) in [6, 6.07) is 5.69. The Morgan fingerprint density at radius 2 is 0.900 bits per heavy atom. The lowest BCUT2D eigenvalue weighted by Gasteiger charge is -2.36. The number of ether oxygens (including phenoxy) is 2. The second kappa shape index (κ2) is 17.1. The molecule has 0 radical (unpaired) electrons. The molecule has 0 saturated carbocycles. The molecule has 12 heteroatoms. The Hall–Kier alpha value is -1.07. The first-order valence-electron chi connectivity index (χ1n) is 15.2. The van der Waals surface area contributed by atoms with Crippen molar-refractivity contribution < 1.29 is 36.0 Å². The molecule has 0 aliphatic carbocycles. The van der Waals surface area contributed by atoms with E-state index in [9.17, 15) is 0 Å². The third kappa shape index (κ3) is 9.22. The van der Waals surface area contributed by atoms with Crippen LogP contribution in [-0.4, -0.2) is 93.6 Å². The Bertz CT molecular complexity index is 778. The molecule has 0 fully saturated rings. The largest absolute Gasteiger partial charge is 0.500 e. The van der Waals surface area contributed by atoms with Crippen LogP contribution < -0.4 is 9.47 Å². The molecular weight excluding hydrogens is 548 g/mol. The fourth-order valence-electron chi connectivity index (χ4n) is 5.46. The molecule has 230 valence electrons. The predicted octanol–water partition coefficient (Wildman–Crippen LogP) is 4.87. The maximum Gasteiger partial charge on any atom is 0.500 e. The van der Waals surface area contributed by atoms with Gasteiger partial charge in [0.1, 0.15) is 25.0 Å². The van der Waals surface area contributed by atoms with Gasteiger partial charge in [-0.25, -0.2) is 0 Å². The van der Waals surface area contributed by atoms with Gasteiger partial charge in [0.15, 0.2) is 0 Å². The molecule has 0 atom stereocenters. The van der Waals surface area contributed by atoms with Crippen LogP contribution in [0.15, 0.2) is 12.1 Å². The molecule has 2 aliphatic heterocycles. The summed E-state index contributed by atoms with van der Waals surface area (Å²) in [5.41, 5.74) is 2.44. The van der Waals surface area contributed by atoms with Crippen LogP contribution in [0, 0.1) is 0 Å². The van der Waals surface area contributed by atoms with Gasteiger partial charge >= 0.3 is 17.6 Å². The van der Waals surface area contributed by atoms with Gasteiger partial charge in [-0.3, -0.25) is 9.80 Å². The quantitative estimate of drug-likeness (QED) is 0.194. The van der Waals surface area contributed by atoms with Gasteiger partial charge in [-0.2, -0.15) is 0 Å². The molecular formula is C28H52N2O8Si2. The van der Waals surface area contributed by atoms with E-state index in [4.69, 9.17) is 36.0 Å². The van der Waals surface area contributed by atoms with Crippen LogP contribution in [0.1, 0.15) is 65.5 Å². The summed E-state index contributed by atoms with van der Waals surface area (Å²) >= 11 is 0. The van der Waals surface area contributed by atoms with E-state index in [-0.39, 0.29) is 0 Å². The van der Waals surface area contributed by atoms with Gasteiger partial charge in [0.05, 0.1) is 0 Å². The summed E-state index contributed by atoms with van der Waals surface area (Å²) in [6.07, 6.45) is 1.85. The zero-order valence-electron chi connectivity index (χ0n) is 25.6. The van der Waals surface area contributed by atoms with Gasteiger partial charge in [0.2, 0.25) is 0 Å². The molecule has 1 aromatic rings. The molecule has 0 spiro atoms. The third-order valence-electron chi connectivity index (χ3n) is 7.01. The Kier molecular flexibility index (Phi) is 14.3. The maximum atomic E-state index is 6.19. The van der Waals surface area contributed by atoms with Gasteiger partial charge in [-0.15, -0.1) is 0 Å². The van der Waals surface area contributed by atoms with Crippen LogP contribution >= 0.6 is 0 Å². The Morgan fingerprint density at radius 1 is 0.575 bits per heavy atom. The minimum Gasteiger partial charge on any atom is -0.478 e. The number of fused-ring (bicyclic) bond motifs is 3. The van der Waals surface area contributed by atoms with E-state index in [1.807, 2.05) is 53.7 Å². The van der Waals surface area contributed by atoms with Crippen LogP contribution in [-0.2, 0) is 39.6 Å². The first-order valence-corrected chi connectivity index (χ1v) is 19.0. The molecule has 0 aromatic heterocycles. The smallest absolute Gasteiger partial charge is 0.478 e. The standard InChI is InChI=1S/C28H52N2O8Si2/c1-7-33-39(34-8-2,35-9-3)19-13-17-29-21-25-26-22-30(24-32-28(26)16-15-27(25)31-23-29)18-14-20-40(36-10-4,37-11-5)38-12-6/h15-16H,7-14,17-24H2,1-6H3. The predicted molar refractivity (Wildman–Crippen MR) is 158 cm³/mol. The molecule has 3 rings (SSSR count). The molecule has 2 aliphatic rings. The summed E-state index contributed by atoms with van der Waals surface area (Å²) in [4.78, 5) is 4.69. The number of rotatable bonds is 20. The number of hydrogen-bond acceptors (Lipinski definition) is 10. The van der Waals surface area contributed by atoms with Crippen molar-refractivity contribution >= 4 is 17.6 Å². The average Bonchev–Trinajstić information content (AvgIpc) is 2.94. The molecule has 0 amide bonds. The van der Waals surface area contributed by atoms with Crippen molar-refractivity contribution in [2.24, 2.45) is 0 Å². The van der Waals surface area contributed by atoms with E-state index in [2.05, 4.69) is 9.80 Å². The van der Waals surface area contributed by atoms with Crippen molar-refractivity contribution in [3.8, 4) is 11.5 Å². The average molecular weight is 601 g/mol. The third-order valence-corrected chi connectivity index (χ3v) is 13.3. The molecule has 2 heterocycles. The van der Waals surface area contributed by atoms with Crippen LogP contribution in [0.5, 0.6) is 11.5 Å². The number of nitrogens with zero attached hydrogens (tertiary/aromatic N) is 2. The first-order chi connectivity index (χ1) is 19.5. The topological polar surface area (TPSA) is 80.3 Å². The Balaban J connectivity index is 1.59. The molecule has 0 unspecified atom stereocenters. The van der Waals surface area contributed by atoms with E-state index in [1.54, 1.807) is 0 Å². The lowest BCUT2D eigenvalue weighted by Crippen LogP contribution is -2.46. The van der Waals surface area contributed by atoms with Crippen molar-refractivity contribution in [3.05, 3.63) is 23.3 Å². The molecule has 10 nitrogen and oxygen atoms in total. The van der Waals surface area contributed by atoms with E-state index in [0.717, 1.165) is 62.6 Å². The van der Waals surface area contributed by atoms with Crippen LogP contribution in [0.2, 0.25) is 12.1 Å². The first kappa shape index (κ1) is 33.4. The lowest BCUT2D eigenvalue weighted by molar-refractivity contribution is 0.0612. The van der Waals surface area contributed by atoms with Crippen molar-refractivity contribution in [1.82, 2.24) is 9.80 Å². The Morgan fingerprint density at radius 3 is 1.20 bits per heavy atom. The number of benzene rings is 1. The highest BCUT2D eigenvalue weighted by atomic mass is 28.4. The summed E-state index contributed by atoms with van der Waals surface area (Å²) < 4.78 is 48.6. The second-order valence-electron chi connectivity index (χ2n) is 9.84. The van der Waals surface area contributed by atoms with Gasteiger partial charge in [-0.1, -0.05) is 0 Å². The maximum absolute atomic E-state index is 6.19. The minimum atomic E-state index is -2.65. The van der Waals surface area contributed by atoms with E-state index < -0.39 is 17.6 Å². The molecule has 0 bridgehead atoms. The summed E-state index contributed by atoms with van der Waals surface area (Å²) in [5.74, 6) is 1.91. The van der Waals surface area contributed by atoms with Crippen LogP contribution in [0.3, 0.4) is 0 Å². The molecule has 0 saturated heterocycles. The van der Waals surface area contributed by atoms with Crippen LogP contribution in [0.25, 0.3) is 0 Å². The van der Waals surface area contributed by atoms with Crippen LogP contribution in [0.4, 0.5) is 0 Å². The van der Waals surface area contributed by atoms with Crippen molar-refractivity contribution in [2.45, 2.75) is 79.6 Å². The van der Waals surface area contributed by atoms with Crippen molar-refractivity contribution in [3.63, 3.8) is 0 Å². The highest BCUT2D eigenvalue weighted by Crippen LogP contribution is 2.37. The zero-order chi connectivity index (χ0) is 28.8. The van der Waals surface area contributed by atoms with Gasteiger partial charge in [-0.05, 0) is 66.5 Å².